The van der Waals surface area contributed by atoms with Crippen LogP contribution in [0.15, 0.2) is 24.3 Å². The molecule has 0 aliphatic carbocycles. The predicted octanol–water partition coefficient (Wildman–Crippen LogP) is 2.48. The zero-order valence-corrected chi connectivity index (χ0v) is 10.6. The third kappa shape index (κ3) is 2.68. The molecule has 0 atom stereocenters. The van der Waals surface area contributed by atoms with Crippen LogP contribution in [0.3, 0.4) is 0 Å². The lowest BCUT2D eigenvalue weighted by molar-refractivity contribution is 0.373. The smallest absolute Gasteiger partial charge is 0.224 e. The molecule has 5 nitrogen and oxygen atoms in total. The van der Waals surface area contributed by atoms with Crippen molar-refractivity contribution >= 4 is 5.82 Å². The number of aromatic nitrogens is 2. The zero-order chi connectivity index (χ0) is 13.1. The molecule has 0 aliphatic rings. The third-order valence-corrected chi connectivity index (χ3v) is 2.37. The minimum absolute atomic E-state index is 0.378. The van der Waals surface area contributed by atoms with Crippen LogP contribution in [0.1, 0.15) is 11.4 Å². The van der Waals surface area contributed by atoms with E-state index in [0.29, 0.717) is 29.0 Å². The summed E-state index contributed by atoms with van der Waals surface area (Å²) < 4.78 is 10.9. The first-order valence-electron chi connectivity index (χ1n) is 5.52. The van der Waals surface area contributed by atoms with Crippen molar-refractivity contribution in [3.8, 4) is 17.4 Å². The number of nitrogens with two attached hydrogens (primary N) is 1. The second-order valence-corrected chi connectivity index (χ2v) is 3.93. The van der Waals surface area contributed by atoms with E-state index < -0.39 is 0 Å². The van der Waals surface area contributed by atoms with E-state index in [2.05, 4.69) is 9.97 Å². The van der Waals surface area contributed by atoms with Crippen LogP contribution in [-0.2, 0) is 0 Å². The van der Waals surface area contributed by atoms with Gasteiger partial charge >= 0.3 is 0 Å². The Balaban J connectivity index is 2.33. The molecular weight excluding hydrogens is 230 g/mol. The zero-order valence-electron chi connectivity index (χ0n) is 10.6. The van der Waals surface area contributed by atoms with E-state index in [4.69, 9.17) is 15.2 Å². The third-order valence-electron chi connectivity index (χ3n) is 2.37. The SMILES string of the molecule is COc1cc(C)ccc1Oc1cc(N)nc(C)n1. The van der Waals surface area contributed by atoms with Crippen LogP contribution in [0, 0.1) is 13.8 Å². The molecule has 2 rings (SSSR count). The van der Waals surface area contributed by atoms with Gasteiger partial charge in [0.25, 0.3) is 0 Å². The second-order valence-electron chi connectivity index (χ2n) is 3.93. The fourth-order valence-electron chi connectivity index (χ4n) is 1.59. The molecule has 0 saturated heterocycles. The number of hydrogen-bond acceptors (Lipinski definition) is 5. The van der Waals surface area contributed by atoms with Gasteiger partial charge in [-0.05, 0) is 31.5 Å². The lowest BCUT2D eigenvalue weighted by Crippen LogP contribution is -1.98. The molecule has 2 N–H and O–H groups in total. The maximum absolute atomic E-state index is 5.66. The minimum Gasteiger partial charge on any atom is -0.493 e. The van der Waals surface area contributed by atoms with Gasteiger partial charge in [-0.3, -0.25) is 0 Å². The largest absolute Gasteiger partial charge is 0.493 e. The Hall–Kier alpha value is -2.30. The highest BCUT2D eigenvalue weighted by Crippen LogP contribution is 2.31. The summed E-state index contributed by atoms with van der Waals surface area (Å²) in [6, 6.07) is 7.25. The van der Waals surface area contributed by atoms with Crippen molar-refractivity contribution in [2.24, 2.45) is 0 Å². The van der Waals surface area contributed by atoms with Crippen LogP contribution >= 0.6 is 0 Å². The summed E-state index contributed by atoms with van der Waals surface area (Å²) in [6.07, 6.45) is 0. The van der Waals surface area contributed by atoms with E-state index in [9.17, 15) is 0 Å². The highest BCUT2D eigenvalue weighted by Gasteiger charge is 2.08. The van der Waals surface area contributed by atoms with Gasteiger partial charge in [0, 0.05) is 6.07 Å². The Labute approximate surface area is 106 Å². The van der Waals surface area contributed by atoms with Crippen LogP contribution < -0.4 is 15.2 Å². The van der Waals surface area contributed by atoms with E-state index >= 15 is 0 Å². The van der Waals surface area contributed by atoms with Crippen molar-refractivity contribution in [3.63, 3.8) is 0 Å². The molecule has 94 valence electrons. The van der Waals surface area contributed by atoms with E-state index in [0.717, 1.165) is 5.56 Å². The van der Waals surface area contributed by atoms with Gasteiger partial charge in [0.1, 0.15) is 11.6 Å². The molecule has 0 fully saturated rings. The molecule has 1 aromatic carbocycles. The molecule has 0 unspecified atom stereocenters. The molecular formula is C13H15N3O2. The standard InChI is InChI=1S/C13H15N3O2/c1-8-4-5-10(11(6-8)17-3)18-13-7-12(14)15-9(2)16-13/h4-7H,1-3H3,(H2,14,15,16). The highest BCUT2D eigenvalue weighted by atomic mass is 16.5. The van der Waals surface area contributed by atoms with Gasteiger partial charge in [-0.2, -0.15) is 4.98 Å². The summed E-state index contributed by atoms with van der Waals surface area (Å²) in [5.74, 6) is 2.60. The van der Waals surface area contributed by atoms with Crippen molar-refractivity contribution in [2.75, 3.05) is 12.8 Å². The van der Waals surface area contributed by atoms with Crippen molar-refractivity contribution < 1.29 is 9.47 Å². The molecule has 1 heterocycles. The molecule has 0 radical (unpaired) electrons. The normalized spacial score (nSPS) is 10.2. The van der Waals surface area contributed by atoms with Gasteiger partial charge in [-0.25, -0.2) is 4.98 Å². The maximum Gasteiger partial charge on any atom is 0.224 e. The molecule has 0 aliphatic heterocycles. The molecule has 18 heavy (non-hydrogen) atoms. The van der Waals surface area contributed by atoms with Gasteiger partial charge < -0.3 is 15.2 Å². The fourth-order valence-corrected chi connectivity index (χ4v) is 1.59. The summed E-state index contributed by atoms with van der Waals surface area (Å²) in [5, 5.41) is 0. The lowest BCUT2D eigenvalue weighted by Gasteiger charge is -2.10. The Kier molecular flexibility index (Phi) is 3.32. The average molecular weight is 245 g/mol. The molecule has 0 amide bonds. The first-order chi connectivity index (χ1) is 8.58. The maximum atomic E-state index is 5.66. The van der Waals surface area contributed by atoms with E-state index in [-0.39, 0.29) is 0 Å². The van der Waals surface area contributed by atoms with Gasteiger partial charge in [0.15, 0.2) is 11.5 Å². The van der Waals surface area contributed by atoms with E-state index in [1.165, 1.54) is 0 Å². The van der Waals surface area contributed by atoms with E-state index in [1.54, 1.807) is 20.1 Å². The van der Waals surface area contributed by atoms with Crippen LogP contribution in [0.25, 0.3) is 0 Å². The number of anilines is 1. The summed E-state index contributed by atoms with van der Waals surface area (Å²) in [4.78, 5) is 8.15. The van der Waals surface area contributed by atoms with Crippen molar-refractivity contribution in [1.82, 2.24) is 9.97 Å². The number of benzene rings is 1. The van der Waals surface area contributed by atoms with Gasteiger partial charge in [0.2, 0.25) is 5.88 Å². The Morgan fingerprint density at radius 3 is 2.50 bits per heavy atom. The number of aryl methyl sites for hydroxylation is 2. The average Bonchev–Trinajstić information content (AvgIpc) is 2.30. The number of rotatable bonds is 3. The molecule has 1 aromatic heterocycles. The molecule has 5 heteroatoms. The number of nitrogen functional groups attached to an aromatic ring is 1. The minimum atomic E-state index is 0.378. The number of nitrogens with zero attached hydrogens (tertiary/aromatic N) is 2. The van der Waals surface area contributed by atoms with Crippen LogP contribution in [0.4, 0.5) is 5.82 Å². The van der Waals surface area contributed by atoms with Gasteiger partial charge in [-0.15, -0.1) is 0 Å². The number of methoxy groups -OCH3 is 1. The molecule has 0 bridgehead atoms. The quantitative estimate of drug-likeness (QED) is 0.899. The van der Waals surface area contributed by atoms with Crippen molar-refractivity contribution in [2.45, 2.75) is 13.8 Å². The first kappa shape index (κ1) is 12.2. The second kappa shape index (κ2) is 4.91. The first-order valence-corrected chi connectivity index (χ1v) is 5.52. The van der Waals surface area contributed by atoms with Crippen molar-refractivity contribution in [1.29, 1.82) is 0 Å². The summed E-state index contributed by atoms with van der Waals surface area (Å²) in [5.41, 5.74) is 6.74. The Morgan fingerprint density at radius 1 is 1.06 bits per heavy atom. The van der Waals surface area contributed by atoms with Crippen LogP contribution in [-0.4, -0.2) is 17.1 Å². The molecule has 0 saturated carbocycles. The molecule has 2 aromatic rings. The number of ether oxygens (including phenoxy) is 2. The topological polar surface area (TPSA) is 70.3 Å². The lowest BCUT2D eigenvalue weighted by atomic mass is 10.2. The Bertz CT molecular complexity index is 550. The van der Waals surface area contributed by atoms with Gasteiger partial charge in [0.05, 0.1) is 7.11 Å². The fraction of sp³-hybridized carbons (Fsp3) is 0.231. The predicted molar refractivity (Wildman–Crippen MR) is 69.0 cm³/mol. The molecule has 0 spiro atoms. The summed E-state index contributed by atoms with van der Waals surface area (Å²) >= 11 is 0. The van der Waals surface area contributed by atoms with Crippen LogP contribution in [0.5, 0.6) is 17.4 Å². The Morgan fingerprint density at radius 2 is 1.83 bits per heavy atom. The van der Waals surface area contributed by atoms with E-state index in [1.807, 2.05) is 25.1 Å². The van der Waals surface area contributed by atoms with Crippen LogP contribution in [0.2, 0.25) is 0 Å². The van der Waals surface area contributed by atoms with Gasteiger partial charge in [-0.1, -0.05) is 6.07 Å². The monoisotopic (exact) mass is 245 g/mol. The number of hydrogen-bond donors (Lipinski definition) is 1. The van der Waals surface area contributed by atoms with Crippen molar-refractivity contribution in [3.05, 3.63) is 35.7 Å². The highest BCUT2D eigenvalue weighted by molar-refractivity contribution is 5.45. The summed E-state index contributed by atoms with van der Waals surface area (Å²) in [7, 11) is 1.60. The summed E-state index contributed by atoms with van der Waals surface area (Å²) in [6.45, 7) is 3.74.